The fourth-order valence-electron chi connectivity index (χ4n) is 1.75. The summed E-state index contributed by atoms with van der Waals surface area (Å²) < 4.78 is 2.03. The molecule has 2 rings (SSSR count). The van der Waals surface area contributed by atoms with Crippen molar-refractivity contribution in [3.63, 3.8) is 0 Å². The molecule has 0 amide bonds. The minimum atomic E-state index is 0.166. The average Bonchev–Trinajstić information content (AvgIpc) is 2.73. The first-order valence-electron chi connectivity index (χ1n) is 5.14. The van der Waals surface area contributed by atoms with Gasteiger partial charge in [-0.2, -0.15) is 0 Å². The molecule has 0 aliphatic carbocycles. The fourth-order valence-corrected chi connectivity index (χ4v) is 1.75. The van der Waals surface area contributed by atoms with Crippen molar-refractivity contribution < 1.29 is 5.11 Å². The molecule has 15 heavy (non-hydrogen) atoms. The van der Waals surface area contributed by atoms with Gasteiger partial charge in [0.15, 0.2) is 0 Å². The molecule has 4 nitrogen and oxygen atoms in total. The minimum Gasteiger partial charge on any atom is -0.395 e. The number of likely N-dealkylation sites (N-methyl/N-ethyl adjacent to an activating group) is 1. The molecule has 0 aromatic carbocycles. The van der Waals surface area contributed by atoms with Gasteiger partial charge in [0.05, 0.1) is 6.61 Å². The fraction of sp³-hybridized carbons (Fsp3) is 0.364. The van der Waals surface area contributed by atoms with E-state index in [1.807, 2.05) is 28.8 Å². The van der Waals surface area contributed by atoms with Crippen LogP contribution in [0.5, 0.6) is 0 Å². The van der Waals surface area contributed by atoms with E-state index in [1.165, 1.54) is 0 Å². The maximum absolute atomic E-state index is 8.99. The Kier molecular flexibility index (Phi) is 2.87. The zero-order valence-electron chi connectivity index (χ0n) is 8.80. The first-order valence-corrected chi connectivity index (χ1v) is 5.14. The van der Waals surface area contributed by atoms with Gasteiger partial charge in [0, 0.05) is 25.5 Å². The lowest BCUT2D eigenvalue weighted by atomic mass is 10.4. The molecule has 0 aliphatic heterocycles. The molecule has 4 heteroatoms. The highest BCUT2D eigenvalue weighted by atomic mass is 16.3. The zero-order valence-corrected chi connectivity index (χ0v) is 8.80. The summed E-state index contributed by atoms with van der Waals surface area (Å²) in [4.78, 5) is 6.35. The van der Waals surface area contributed by atoms with Gasteiger partial charge < -0.3 is 10.0 Å². The third kappa shape index (κ3) is 1.80. The number of rotatable bonds is 4. The van der Waals surface area contributed by atoms with Crippen molar-refractivity contribution in [1.82, 2.24) is 9.38 Å². The van der Waals surface area contributed by atoms with Crippen molar-refractivity contribution in [3.05, 3.63) is 30.6 Å². The molecule has 0 aliphatic rings. The van der Waals surface area contributed by atoms with Crippen LogP contribution >= 0.6 is 0 Å². The van der Waals surface area contributed by atoms with E-state index in [0.717, 1.165) is 18.0 Å². The van der Waals surface area contributed by atoms with Gasteiger partial charge in [0.1, 0.15) is 11.5 Å². The molecule has 2 heterocycles. The highest BCUT2D eigenvalue weighted by molar-refractivity contribution is 5.51. The van der Waals surface area contributed by atoms with Gasteiger partial charge >= 0.3 is 0 Å². The summed E-state index contributed by atoms with van der Waals surface area (Å²) in [5, 5.41) is 8.99. The molecule has 0 radical (unpaired) electrons. The lowest BCUT2D eigenvalue weighted by Gasteiger charge is -2.22. The van der Waals surface area contributed by atoms with Gasteiger partial charge in [-0.1, -0.05) is 6.07 Å². The predicted octanol–water partition coefficient (Wildman–Crippen LogP) is 1.15. The number of aliphatic hydroxyl groups is 1. The zero-order chi connectivity index (χ0) is 10.7. The molecule has 0 bridgehead atoms. The SMILES string of the molecule is CCN(CCO)c1cccc2nccn12. The van der Waals surface area contributed by atoms with E-state index in [-0.39, 0.29) is 6.61 Å². The van der Waals surface area contributed by atoms with Crippen molar-refractivity contribution in [1.29, 1.82) is 0 Å². The van der Waals surface area contributed by atoms with Crippen LogP contribution in [0.3, 0.4) is 0 Å². The number of aromatic nitrogens is 2. The van der Waals surface area contributed by atoms with Gasteiger partial charge in [0.2, 0.25) is 0 Å². The molecule has 2 aromatic heterocycles. The van der Waals surface area contributed by atoms with E-state index in [0.29, 0.717) is 6.54 Å². The number of anilines is 1. The van der Waals surface area contributed by atoms with Crippen molar-refractivity contribution in [2.45, 2.75) is 6.92 Å². The number of hydrogen-bond donors (Lipinski definition) is 1. The van der Waals surface area contributed by atoms with Crippen LogP contribution < -0.4 is 4.90 Å². The first kappa shape index (κ1) is 9.98. The second kappa shape index (κ2) is 4.31. The van der Waals surface area contributed by atoms with Gasteiger partial charge in [-0.05, 0) is 19.1 Å². The second-order valence-electron chi connectivity index (χ2n) is 3.34. The minimum absolute atomic E-state index is 0.166. The monoisotopic (exact) mass is 205 g/mol. The molecule has 0 unspecified atom stereocenters. The van der Waals surface area contributed by atoms with Gasteiger partial charge in [0.25, 0.3) is 0 Å². The average molecular weight is 205 g/mol. The smallest absolute Gasteiger partial charge is 0.138 e. The third-order valence-corrected chi connectivity index (χ3v) is 2.48. The first-order chi connectivity index (χ1) is 7.36. The number of pyridine rings is 1. The van der Waals surface area contributed by atoms with E-state index in [1.54, 1.807) is 6.20 Å². The molecule has 0 spiro atoms. The normalized spacial score (nSPS) is 10.8. The van der Waals surface area contributed by atoms with Crippen molar-refractivity contribution in [2.75, 3.05) is 24.6 Å². The van der Waals surface area contributed by atoms with Crippen molar-refractivity contribution >= 4 is 11.5 Å². The van der Waals surface area contributed by atoms with Crippen LogP contribution in [-0.4, -0.2) is 34.2 Å². The molecular formula is C11H15N3O. The third-order valence-electron chi connectivity index (χ3n) is 2.48. The number of hydrogen-bond acceptors (Lipinski definition) is 3. The number of fused-ring (bicyclic) bond motifs is 1. The predicted molar refractivity (Wildman–Crippen MR) is 60.2 cm³/mol. The number of aliphatic hydroxyl groups excluding tert-OH is 1. The van der Waals surface area contributed by atoms with E-state index >= 15 is 0 Å². The van der Waals surface area contributed by atoms with Gasteiger partial charge in [-0.15, -0.1) is 0 Å². The molecule has 0 atom stereocenters. The Morgan fingerprint density at radius 2 is 2.33 bits per heavy atom. The summed E-state index contributed by atoms with van der Waals surface area (Å²) in [5.41, 5.74) is 0.934. The van der Waals surface area contributed by atoms with Crippen LogP contribution in [0.15, 0.2) is 30.6 Å². The summed E-state index contributed by atoms with van der Waals surface area (Å²) in [6, 6.07) is 5.99. The quantitative estimate of drug-likeness (QED) is 0.814. The Balaban J connectivity index is 2.44. The van der Waals surface area contributed by atoms with Gasteiger partial charge in [-0.3, -0.25) is 4.40 Å². The van der Waals surface area contributed by atoms with Crippen LogP contribution in [0.4, 0.5) is 5.82 Å². The van der Waals surface area contributed by atoms with E-state index in [2.05, 4.69) is 16.8 Å². The van der Waals surface area contributed by atoms with Crippen molar-refractivity contribution in [2.24, 2.45) is 0 Å². The van der Waals surface area contributed by atoms with Crippen molar-refractivity contribution in [3.8, 4) is 0 Å². The van der Waals surface area contributed by atoms with E-state index < -0.39 is 0 Å². The highest BCUT2D eigenvalue weighted by Crippen LogP contribution is 2.15. The molecule has 80 valence electrons. The number of imidazole rings is 1. The summed E-state index contributed by atoms with van der Waals surface area (Å²) in [5.74, 6) is 1.07. The van der Waals surface area contributed by atoms with Crippen LogP contribution in [-0.2, 0) is 0 Å². The Bertz CT molecular complexity index is 438. The molecule has 0 saturated carbocycles. The molecule has 2 aromatic rings. The molecular weight excluding hydrogens is 190 g/mol. The lowest BCUT2D eigenvalue weighted by molar-refractivity contribution is 0.302. The largest absolute Gasteiger partial charge is 0.395 e. The van der Waals surface area contributed by atoms with Crippen LogP contribution in [0.1, 0.15) is 6.92 Å². The Morgan fingerprint density at radius 3 is 3.07 bits per heavy atom. The summed E-state index contributed by atoms with van der Waals surface area (Å²) >= 11 is 0. The summed E-state index contributed by atoms with van der Waals surface area (Å²) in [6.45, 7) is 3.76. The second-order valence-corrected chi connectivity index (χ2v) is 3.34. The standard InChI is InChI=1S/C11H15N3O/c1-2-13(8-9-15)11-5-3-4-10-12-6-7-14(10)11/h3-7,15H,2,8-9H2,1H3. The Hall–Kier alpha value is -1.55. The van der Waals surface area contributed by atoms with E-state index in [4.69, 9.17) is 5.11 Å². The molecule has 0 saturated heterocycles. The highest BCUT2D eigenvalue weighted by Gasteiger charge is 2.07. The Morgan fingerprint density at radius 1 is 1.47 bits per heavy atom. The van der Waals surface area contributed by atoms with Crippen LogP contribution in [0.2, 0.25) is 0 Å². The summed E-state index contributed by atoms with van der Waals surface area (Å²) in [7, 11) is 0. The maximum Gasteiger partial charge on any atom is 0.138 e. The molecule has 1 N–H and O–H groups in total. The number of nitrogens with zero attached hydrogens (tertiary/aromatic N) is 3. The van der Waals surface area contributed by atoms with Crippen LogP contribution in [0.25, 0.3) is 5.65 Å². The topological polar surface area (TPSA) is 40.8 Å². The van der Waals surface area contributed by atoms with E-state index in [9.17, 15) is 0 Å². The lowest BCUT2D eigenvalue weighted by Crippen LogP contribution is -2.27. The summed E-state index contributed by atoms with van der Waals surface area (Å²) in [6.07, 6.45) is 3.72. The van der Waals surface area contributed by atoms with Gasteiger partial charge in [-0.25, -0.2) is 4.98 Å². The van der Waals surface area contributed by atoms with Crippen LogP contribution in [0, 0.1) is 0 Å². The maximum atomic E-state index is 8.99. The molecule has 0 fully saturated rings. The Labute approximate surface area is 88.8 Å².